The molecule has 0 bridgehead atoms. The molecule has 0 aromatic carbocycles. The van der Waals surface area contributed by atoms with E-state index in [2.05, 4.69) is 12.2 Å². The van der Waals surface area contributed by atoms with Crippen molar-refractivity contribution in [3.8, 4) is 0 Å². The molecule has 13 heavy (non-hydrogen) atoms. The van der Waals surface area contributed by atoms with Gasteiger partial charge in [0.2, 0.25) is 0 Å². The van der Waals surface area contributed by atoms with E-state index in [1.807, 2.05) is 6.92 Å². The molecule has 0 aromatic heterocycles. The van der Waals surface area contributed by atoms with Crippen molar-refractivity contribution >= 4 is 10.8 Å². The molecule has 0 heterocycles. The Morgan fingerprint density at radius 1 is 1.46 bits per heavy atom. The van der Waals surface area contributed by atoms with E-state index in [9.17, 15) is 4.21 Å². The van der Waals surface area contributed by atoms with Gasteiger partial charge in [0.05, 0.1) is 0 Å². The number of nitrogens with one attached hydrogen (secondary N) is 1. The summed E-state index contributed by atoms with van der Waals surface area (Å²) in [5.41, 5.74) is 0. The van der Waals surface area contributed by atoms with Crippen molar-refractivity contribution in [3.05, 3.63) is 0 Å². The molecular formula is C10H21NOS. The highest BCUT2D eigenvalue weighted by atomic mass is 32.2. The molecule has 1 aliphatic rings. The average Bonchev–Trinajstić information content (AvgIpc) is 2.52. The van der Waals surface area contributed by atoms with Crippen molar-refractivity contribution in [3.63, 3.8) is 0 Å². The first-order valence-electron chi connectivity index (χ1n) is 5.32. The Balaban J connectivity index is 2.08. The van der Waals surface area contributed by atoms with Crippen LogP contribution in [0.5, 0.6) is 0 Å². The number of hydrogen-bond acceptors (Lipinski definition) is 2. The second-order valence-electron chi connectivity index (χ2n) is 3.90. The maximum Gasteiger partial charge on any atom is 0.0360 e. The largest absolute Gasteiger partial charge is 0.313 e. The van der Waals surface area contributed by atoms with Gasteiger partial charge in [-0.25, -0.2) is 0 Å². The summed E-state index contributed by atoms with van der Waals surface area (Å²) in [5.74, 6) is 2.43. The summed E-state index contributed by atoms with van der Waals surface area (Å²) in [4.78, 5) is 0. The highest BCUT2D eigenvalue weighted by Gasteiger charge is 2.22. The van der Waals surface area contributed by atoms with Gasteiger partial charge in [0.25, 0.3) is 0 Å². The zero-order valence-corrected chi connectivity index (χ0v) is 9.53. The summed E-state index contributed by atoms with van der Waals surface area (Å²) in [5, 5.41) is 3.50. The smallest absolute Gasteiger partial charge is 0.0360 e. The average molecular weight is 203 g/mol. The molecule has 0 radical (unpaired) electrons. The van der Waals surface area contributed by atoms with Gasteiger partial charge in [0.15, 0.2) is 0 Å². The standard InChI is InChI=1S/C10H21NOS/c1-3-13(12)8-7-11-10-6-4-5-9(10)2/h9-11H,3-8H2,1-2H3. The Morgan fingerprint density at radius 2 is 2.23 bits per heavy atom. The van der Waals surface area contributed by atoms with E-state index in [0.717, 1.165) is 24.0 Å². The van der Waals surface area contributed by atoms with Crippen LogP contribution in [-0.4, -0.2) is 28.3 Å². The molecule has 2 nitrogen and oxygen atoms in total. The first-order chi connectivity index (χ1) is 6.24. The Kier molecular flexibility index (Phi) is 4.96. The van der Waals surface area contributed by atoms with Crippen LogP contribution < -0.4 is 5.32 Å². The summed E-state index contributed by atoms with van der Waals surface area (Å²) < 4.78 is 11.1. The van der Waals surface area contributed by atoms with Crippen LogP contribution in [0.1, 0.15) is 33.1 Å². The van der Waals surface area contributed by atoms with Crippen molar-refractivity contribution < 1.29 is 4.21 Å². The van der Waals surface area contributed by atoms with E-state index >= 15 is 0 Å². The molecule has 0 amide bonds. The molecular weight excluding hydrogens is 182 g/mol. The van der Waals surface area contributed by atoms with E-state index in [1.165, 1.54) is 19.3 Å². The minimum atomic E-state index is -0.601. The van der Waals surface area contributed by atoms with Crippen molar-refractivity contribution in [1.82, 2.24) is 5.32 Å². The first-order valence-corrected chi connectivity index (χ1v) is 6.81. The maximum absolute atomic E-state index is 11.1. The van der Waals surface area contributed by atoms with Gasteiger partial charge in [0, 0.05) is 34.9 Å². The highest BCUT2D eigenvalue weighted by molar-refractivity contribution is 7.84. The molecule has 1 N–H and O–H groups in total. The summed E-state index contributed by atoms with van der Waals surface area (Å²) in [7, 11) is -0.601. The minimum absolute atomic E-state index is 0.601. The van der Waals surface area contributed by atoms with E-state index in [-0.39, 0.29) is 0 Å². The predicted molar refractivity (Wildman–Crippen MR) is 58.4 cm³/mol. The first kappa shape index (κ1) is 11.2. The molecule has 1 aliphatic carbocycles. The third-order valence-corrected chi connectivity index (χ3v) is 4.22. The molecule has 0 spiro atoms. The van der Waals surface area contributed by atoms with Crippen LogP contribution in [0.15, 0.2) is 0 Å². The molecule has 0 aromatic rings. The highest BCUT2D eigenvalue weighted by Crippen LogP contribution is 2.24. The Labute approximate surface area is 83.9 Å². The van der Waals surface area contributed by atoms with E-state index in [4.69, 9.17) is 0 Å². The van der Waals surface area contributed by atoms with Gasteiger partial charge in [-0.2, -0.15) is 0 Å². The van der Waals surface area contributed by atoms with Gasteiger partial charge >= 0.3 is 0 Å². The molecule has 3 heteroatoms. The summed E-state index contributed by atoms with van der Waals surface area (Å²) in [6, 6.07) is 0.689. The van der Waals surface area contributed by atoms with Crippen LogP contribution in [-0.2, 0) is 10.8 Å². The lowest BCUT2D eigenvalue weighted by Crippen LogP contribution is -2.34. The Hall–Kier alpha value is 0.110. The quantitative estimate of drug-likeness (QED) is 0.734. The van der Waals surface area contributed by atoms with Crippen LogP contribution in [0.25, 0.3) is 0 Å². The Bertz CT molecular complexity index is 172. The molecule has 1 saturated carbocycles. The second kappa shape index (κ2) is 5.76. The molecule has 3 unspecified atom stereocenters. The lowest BCUT2D eigenvalue weighted by molar-refractivity contribution is 0.438. The van der Waals surface area contributed by atoms with Crippen LogP contribution in [0, 0.1) is 5.92 Å². The van der Waals surface area contributed by atoms with Crippen molar-refractivity contribution in [1.29, 1.82) is 0 Å². The van der Waals surface area contributed by atoms with E-state index in [0.29, 0.717) is 6.04 Å². The van der Waals surface area contributed by atoms with Crippen LogP contribution >= 0.6 is 0 Å². The third kappa shape index (κ3) is 3.77. The topological polar surface area (TPSA) is 29.1 Å². The molecule has 1 rings (SSSR count). The molecule has 78 valence electrons. The van der Waals surface area contributed by atoms with Gasteiger partial charge in [-0.15, -0.1) is 0 Å². The fourth-order valence-electron chi connectivity index (χ4n) is 1.95. The zero-order valence-electron chi connectivity index (χ0n) is 8.71. The van der Waals surface area contributed by atoms with Crippen LogP contribution in [0.2, 0.25) is 0 Å². The van der Waals surface area contributed by atoms with Gasteiger partial charge in [0.1, 0.15) is 0 Å². The second-order valence-corrected chi connectivity index (χ2v) is 5.77. The van der Waals surface area contributed by atoms with Gasteiger partial charge in [-0.1, -0.05) is 20.3 Å². The lowest BCUT2D eigenvalue weighted by atomic mass is 10.1. The van der Waals surface area contributed by atoms with Crippen LogP contribution in [0.4, 0.5) is 0 Å². The zero-order chi connectivity index (χ0) is 9.68. The van der Waals surface area contributed by atoms with Crippen molar-refractivity contribution in [2.45, 2.75) is 39.2 Å². The van der Waals surface area contributed by atoms with E-state index in [1.54, 1.807) is 0 Å². The SMILES string of the molecule is CCS(=O)CCNC1CCCC1C. The van der Waals surface area contributed by atoms with Gasteiger partial charge in [-0.3, -0.25) is 4.21 Å². The summed E-state index contributed by atoms with van der Waals surface area (Å²) in [6.07, 6.45) is 4.02. The van der Waals surface area contributed by atoms with Crippen LogP contribution in [0.3, 0.4) is 0 Å². The summed E-state index contributed by atoms with van der Waals surface area (Å²) in [6.45, 7) is 5.21. The van der Waals surface area contributed by atoms with Gasteiger partial charge in [-0.05, 0) is 18.8 Å². The summed E-state index contributed by atoms with van der Waals surface area (Å²) >= 11 is 0. The molecule has 0 saturated heterocycles. The van der Waals surface area contributed by atoms with E-state index < -0.39 is 10.8 Å². The molecule has 0 aliphatic heterocycles. The lowest BCUT2D eigenvalue weighted by Gasteiger charge is -2.16. The minimum Gasteiger partial charge on any atom is -0.313 e. The number of rotatable bonds is 5. The van der Waals surface area contributed by atoms with Gasteiger partial charge < -0.3 is 5.32 Å². The normalized spacial score (nSPS) is 30.6. The fourth-order valence-corrected chi connectivity index (χ4v) is 2.59. The number of hydrogen-bond donors (Lipinski definition) is 1. The monoisotopic (exact) mass is 203 g/mol. The van der Waals surface area contributed by atoms with Crippen molar-refractivity contribution in [2.75, 3.05) is 18.1 Å². The fraction of sp³-hybridized carbons (Fsp3) is 1.00. The molecule has 1 fully saturated rings. The predicted octanol–water partition coefficient (Wildman–Crippen LogP) is 1.53. The maximum atomic E-state index is 11.1. The molecule has 3 atom stereocenters. The van der Waals surface area contributed by atoms with Crippen molar-refractivity contribution in [2.24, 2.45) is 5.92 Å². The Morgan fingerprint density at radius 3 is 2.77 bits per heavy atom. The third-order valence-electron chi connectivity index (χ3n) is 2.92.